The fourth-order valence-corrected chi connectivity index (χ4v) is 6.51. The van der Waals surface area contributed by atoms with Crippen LogP contribution in [0.2, 0.25) is 0 Å². The number of halogens is 3. The second-order valence-electron chi connectivity index (χ2n) is 11.6. The van der Waals surface area contributed by atoms with Gasteiger partial charge in [-0.25, -0.2) is 15.0 Å². The Labute approximate surface area is 250 Å². The number of alkyl halides is 3. The van der Waals surface area contributed by atoms with Crippen molar-refractivity contribution < 1.29 is 27.6 Å². The number of aromatic nitrogens is 5. The van der Waals surface area contributed by atoms with Gasteiger partial charge in [-0.2, -0.15) is 18.3 Å². The van der Waals surface area contributed by atoms with Gasteiger partial charge in [0.25, 0.3) is 0 Å². The summed E-state index contributed by atoms with van der Waals surface area (Å²) in [4.78, 5) is 53.8. The number of fused-ring (bicyclic) bond motifs is 3. The van der Waals surface area contributed by atoms with E-state index in [1.54, 1.807) is 31.1 Å². The average molecular weight is 606 g/mol. The molecule has 228 valence electrons. The third-order valence-corrected chi connectivity index (χ3v) is 8.54. The molecule has 44 heavy (non-hydrogen) atoms. The zero-order valence-corrected chi connectivity index (χ0v) is 24.6. The number of nitrogens with zero attached hydrogens (tertiary/aromatic N) is 6. The molecular formula is C31H30F3N7O3. The van der Waals surface area contributed by atoms with Gasteiger partial charge >= 0.3 is 6.18 Å². The van der Waals surface area contributed by atoms with Crippen molar-refractivity contribution in [3.05, 3.63) is 65.0 Å². The highest BCUT2D eigenvalue weighted by atomic mass is 19.4. The van der Waals surface area contributed by atoms with Gasteiger partial charge < -0.3 is 10.2 Å². The number of hydrogen-bond acceptors (Lipinski definition) is 7. The number of aryl methyl sites for hydroxylation is 3. The first-order valence-electron chi connectivity index (χ1n) is 14.3. The van der Waals surface area contributed by atoms with Crippen LogP contribution in [0.15, 0.2) is 36.7 Å². The summed E-state index contributed by atoms with van der Waals surface area (Å²) in [5.41, 5.74) is 2.46. The Hall–Kier alpha value is -4.68. The van der Waals surface area contributed by atoms with Gasteiger partial charge in [0.15, 0.2) is 5.78 Å². The monoisotopic (exact) mass is 605 g/mol. The molecule has 4 heterocycles. The number of ketones is 1. The third-order valence-electron chi connectivity index (χ3n) is 8.54. The van der Waals surface area contributed by atoms with E-state index in [4.69, 9.17) is 0 Å². The van der Waals surface area contributed by atoms with Gasteiger partial charge in [-0.3, -0.25) is 19.1 Å². The smallest absolute Gasteiger partial charge is 0.326 e. The first kappa shape index (κ1) is 29.4. The molecule has 4 aromatic rings. The van der Waals surface area contributed by atoms with E-state index in [1.807, 2.05) is 19.1 Å². The zero-order valence-electron chi connectivity index (χ0n) is 24.6. The molecule has 0 spiro atoms. The Bertz CT molecular complexity index is 1820. The lowest BCUT2D eigenvalue weighted by molar-refractivity contribution is -0.141. The number of carbonyl (C=O) groups excluding carboxylic acids is 3. The number of benzene rings is 1. The predicted octanol–water partition coefficient (Wildman–Crippen LogP) is 5.05. The Morgan fingerprint density at radius 1 is 1.00 bits per heavy atom. The SMILES string of the molecule is CC(=O)c1nn(CC(=O)N2C3CCC(C3)[C@H]2C(=O)Nc2nc(C(F)(F)F)ccc2C)c2c(C)cc(-c3cnc(C)nc3)cc12. The number of likely N-dealkylation sites (tertiary alicyclic amines) is 1. The molecule has 10 nitrogen and oxygen atoms in total. The second-order valence-corrected chi connectivity index (χ2v) is 11.6. The molecule has 2 amide bonds. The Morgan fingerprint density at radius 2 is 1.73 bits per heavy atom. The molecule has 2 unspecified atom stereocenters. The molecule has 1 saturated carbocycles. The summed E-state index contributed by atoms with van der Waals surface area (Å²) in [6.07, 6.45) is 0.812. The number of hydrogen-bond donors (Lipinski definition) is 1. The summed E-state index contributed by atoms with van der Waals surface area (Å²) in [5, 5.41) is 7.67. The molecule has 6 rings (SSSR count). The van der Waals surface area contributed by atoms with E-state index in [0.717, 1.165) is 35.6 Å². The molecule has 2 fully saturated rings. The van der Waals surface area contributed by atoms with Crippen molar-refractivity contribution in [1.82, 2.24) is 29.6 Å². The third kappa shape index (κ3) is 5.20. The lowest BCUT2D eigenvalue weighted by Crippen LogP contribution is -2.52. The maximum Gasteiger partial charge on any atom is 0.433 e. The van der Waals surface area contributed by atoms with E-state index in [2.05, 4.69) is 25.4 Å². The highest BCUT2D eigenvalue weighted by Gasteiger charge is 2.51. The molecule has 1 aliphatic heterocycles. The number of pyridine rings is 1. The summed E-state index contributed by atoms with van der Waals surface area (Å²) in [6, 6.07) is 4.83. The number of piperidine rings is 1. The largest absolute Gasteiger partial charge is 0.433 e. The van der Waals surface area contributed by atoms with Crippen LogP contribution >= 0.6 is 0 Å². The molecule has 1 N–H and O–H groups in total. The molecule has 1 aliphatic carbocycles. The van der Waals surface area contributed by atoms with Crippen LogP contribution in [-0.2, 0) is 22.3 Å². The Morgan fingerprint density at radius 3 is 2.41 bits per heavy atom. The number of anilines is 1. The minimum Gasteiger partial charge on any atom is -0.326 e. The summed E-state index contributed by atoms with van der Waals surface area (Å²) in [5.74, 6) is -0.879. The lowest BCUT2D eigenvalue weighted by Gasteiger charge is -2.34. The van der Waals surface area contributed by atoms with Crippen molar-refractivity contribution in [2.75, 3.05) is 5.32 Å². The molecule has 3 atom stereocenters. The fraction of sp³-hybridized carbons (Fsp3) is 0.387. The van der Waals surface area contributed by atoms with Crippen LogP contribution in [0.4, 0.5) is 19.0 Å². The number of rotatable bonds is 6. The maximum atomic E-state index is 13.9. The number of nitrogens with one attached hydrogen (secondary N) is 1. The molecule has 3 aromatic heterocycles. The van der Waals surface area contributed by atoms with Gasteiger partial charge in [-0.05, 0) is 80.8 Å². The van der Waals surface area contributed by atoms with Crippen LogP contribution in [0.1, 0.15) is 59.3 Å². The molecule has 2 aliphatic rings. The second kappa shape index (κ2) is 10.8. The molecule has 2 bridgehead atoms. The molecular weight excluding hydrogens is 575 g/mol. The molecule has 1 saturated heterocycles. The van der Waals surface area contributed by atoms with Crippen LogP contribution < -0.4 is 5.32 Å². The van der Waals surface area contributed by atoms with Gasteiger partial charge in [0.05, 0.1) is 5.52 Å². The highest BCUT2D eigenvalue weighted by Crippen LogP contribution is 2.43. The van der Waals surface area contributed by atoms with Gasteiger partial charge in [0.1, 0.15) is 35.6 Å². The van der Waals surface area contributed by atoms with Crippen LogP contribution in [0.5, 0.6) is 0 Å². The van der Waals surface area contributed by atoms with Crippen molar-refractivity contribution in [3.63, 3.8) is 0 Å². The predicted molar refractivity (Wildman–Crippen MR) is 155 cm³/mol. The van der Waals surface area contributed by atoms with E-state index in [9.17, 15) is 27.6 Å². The standard InChI is InChI=1S/C31H30F3N7O3/c1-15-5-8-24(31(32,33)34)37-29(15)38-30(44)28-19-6-7-22(10-19)41(28)25(43)14-40-27-16(2)9-20(21-12-35-18(4)36-13-21)11-23(27)26(39-40)17(3)42/h5,8-9,11-13,19,22,28H,6-7,10,14H2,1-4H3,(H,37,38,44)/t19?,22?,28-/m0/s1. The van der Waals surface area contributed by atoms with E-state index >= 15 is 0 Å². The zero-order chi connectivity index (χ0) is 31.5. The van der Waals surface area contributed by atoms with Gasteiger partial charge in [0.2, 0.25) is 11.8 Å². The molecule has 1 aromatic carbocycles. The van der Waals surface area contributed by atoms with E-state index < -0.39 is 23.8 Å². The summed E-state index contributed by atoms with van der Waals surface area (Å²) in [6.45, 7) is 6.41. The van der Waals surface area contributed by atoms with Crippen molar-refractivity contribution in [3.8, 4) is 11.1 Å². The Kier molecular flexibility index (Phi) is 7.21. The van der Waals surface area contributed by atoms with Gasteiger partial charge in [0, 0.05) is 36.3 Å². The summed E-state index contributed by atoms with van der Waals surface area (Å²) >= 11 is 0. The van der Waals surface area contributed by atoms with Crippen molar-refractivity contribution in [2.24, 2.45) is 5.92 Å². The van der Waals surface area contributed by atoms with Crippen molar-refractivity contribution in [2.45, 2.75) is 71.8 Å². The van der Waals surface area contributed by atoms with Crippen LogP contribution in [0.3, 0.4) is 0 Å². The number of Topliss-reactive ketones (excluding diaryl/α,β-unsaturated/α-hetero) is 1. The summed E-state index contributed by atoms with van der Waals surface area (Å²) in [7, 11) is 0. The van der Waals surface area contributed by atoms with Gasteiger partial charge in [-0.15, -0.1) is 0 Å². The minimum atomic E-state index is -4.67. The van der Waals surface area contributed by atoms with E-state index in [-0.39, 0.29) is 41.7 Å². The molecule has 13 heteroatoms. The van der Waals surface area contributed by atoms with Crippen molar-refractivity contribution in [1.29, 1.82) is 0 Å². The quantitative estimate of drug-likeness (QED) is 0.305. The van der Waals surface area contributed by atoms with Crippen molar-refractivity contribution >= 4 is 34.3 Å². The average Bonchev–Trinajstić information content (AvgIpc) is 3.68. The van der Waals surface area contributed by atoms with Crippen LogP contribution in [0.25, 0.3) is 22.0 Å². The van der Waals surface area contributed by atoms with E-state index in [1.165, 1.54) is 17.7 Å². The first-order chi connectivity index (χ1) is 20.8. The fourth-order valence-electron chi connectivity index (χ4n) is 6.51. The topological polar surface area (TPSA) is 123 Å². The van der Waals surface area contributed by atoms with Crippen LogP contribution in [0, 0.1) is 26.7 Å². The molecule has 0 radical (unpaired) electrons. The highest BCUT2D eigenvalue weighted by molar-refractivity contribution is 6.07. The first-order valence-corrected chi connectivity index (χ1v) is 14.3. The lowest BCUT2D eigenvalue weighted by atomic mass is 9.97. The van der Waals surface area contributed by atoms with E-state index in [0.29, 0.717) is 28.7 Å². The van der Waals surface area contributed by atoms with Gasteiger partial charge in [-0.1, -0.05) is 6.07 Å². The van der Waals surface area contributed by atoms with Crippen LogP contribution in [-0.4, -0.2) is 59.3 Å². The number of amides is 2. The maximum absolute atomic E-state index is 13.9. The summed E-state index contributed by atoms with van der Waals surface area (Å²) < 4.78 is 41.4. The number of carbonyl (C=O) groups is 3. The minimum absolute atomic E-state index is 0.127. The Balaban J connectivity index is 1.30. The normalized spacial score (nSPS) is 19.5.